The van der Waals surface area contributed by atoms with E-state index in [1.165, 1.54) is 0 Å². The largest absolute Gasteiger partial charge is 0.295 e. The summed E-state index contributed by atoms with van der Waals surface area (Å²) in [6.45, 7) is 12.5. The van der Waals surface area contributed by atoms with E-state index in [0.717, 1.165) is 18.0 Å². The number of ketones is 1. The van der Waals surface area contributed by atoms with Crippen LogP contribution in [-0.4, -0.2) is 13.9 Å². The normalized spacial score (nSPS) is 11.3. The van der Waals surface area contributed by atoms with Crippen LogP contribution in [0, 0.1) is 0 Å². The molecule has 0 aliphatic heterocycles. The Morgan fingerprint density at radius 3 is 2.17 bits per heavy atom. The molecule has 0 atom stereocenters. The minimum absolute atomic E-state index is 0.288. The number of hydrogen-bond acceptors (Lipinski definition) is 1. The highest BCUT2D eigenvalue weighted by atomic mass is 28.3. The molecule has 0 aromatic rings. The standard InChI is InChI=1S/C10H20OSi/c1-6-7-8-10(11)9(2)12(3,4)5/h2,6-8H2,1,3-5H3. The van der Waals surface area contributed by atoms with E-state index in [9.17, 15) is 4.79 Å². The summed E-state index contributed by atoms with van der Waals surface area (Å²) in [7, 11) is -1.42. The van der Waals surface area contributed by atoms with E-state index < -0.39 is 8.07 Å². The highest BCUT2D eigenvalue weighted by Crippen LogP contribution is 2.15. The van der Waals surface area contributed by atoms with Crippen LogP contribution in [0.25, 0.3) is 0 Å². The second-order valence-electron chi connectivity index (χ2n) is 4.26. The van der Waals surface area contributed by atoms with Crippen LogP contribution in [0.1, 0.15) is 26.2 Å². The number of carbonyl (C=O) groups is 1. The Morgan fingerprint density at radius 1 is 1.33 bits per heavy atom. The topological polar surface area (TPSA) is 17.1 Å². The number of hydrogen-bond donors (Lipinski definition) is 0. The molecule has 12 heavy (non-hydrogen) atoms. The van der Waals surface area contributed by atoms with Gasteiger partial charge in [0.1, 0.15) is 0 Å². The van der Waals surface area contributed by atoms with Crippen LogP contribution in [0.4, 0.5) is 0 Å². The Morgan fingerprint density at radius 2 is 1.83 bits per heavy atom. The van der Waals surface area contributed by atoms with E-state index in [-0.39, 0.29) is 5.78 Å². The molecule has 0 amide bonds. The van der Waals surface area contributed by atoms with Gasteiger partial charge in [-0.25, -0.2) is 0 Å². The van der Waals surface area contributed by atoms with Crippen molar-refractivity contribution in [3.8, 4) is 0 Å². The van der Waals surface area contributed by atoms with Gasteiger partial charge in [0.05, 0.1) is 8.07 Å². The summed E-state index contributed by atoms with van der Waals surface area (Å²) >= 11 is 0. The van der Waals surface area contributed by atoms with Gasteiger partial charge in [0, 0.05) is 6.42 Å². The predicted octanol–water partition coefficient (Wildman–Crippen LogP) is 3.18. The first-order valence-electron chi connectivity index (χ1n) is 4.62. The van der Waals surface area contributed by atoms with Crippen LogP contribution < -0.4 is 0 Å². The van der Waals surface area contributed by atoms with Gasteiger partial charge in [-0.1, -0.05) is 39.6 Å². The van der Waals surface area contributed by atoms with Crippen molar-refractivity contribution in [2.24, 2.45) is 0 Å². The van der Waals surface area contributed by atoms with Gasteiger partial charge in [-0.2, -0.15) is 0 Å². The van der Waals surface area contributed by atoms with Crippen molar-refractivity contribution >= 4 is 13.9 Å². The van der Waals surface area contributed by atoms with E-state index >= 15 is 0 Å². The van der Waals surface area contributed by atoms with E-state index in [1.54, 1.807) is 0 Å². The molecule has 0 fully saturated rings. The molecule has 0 aliphatic carbocycles. The average Bonchev–Trinajstić information content (AvgIpc) is 1.97. The first kappa shape index (κ1) is 11.6. The molecule has 0 spiro atoms. The number of Topliss-reactive ketones (excluding diaryl/α,β-unsaturated/α-hetero) is 1. The molecular weight excluding hydrogens is 164 g/mol. The van der Waals surface area contributed by atoms with Crippen LogP contribution in [-0.2, 0) is 4.79 Å². The van der Waals surface area contributed by atoms with Crippen molar-refractivity contribution in [2.75, 3.05) is 0 Å². The lowest BCUT2D eigenvalue weighted by atomic mass is 10.2. The number of unbranched alkanes of at least 4 members (excludes halogenated alkanes) is 1. The Balaban J connectivity index is 4.04. The molecule has 0 saturated carbocycles. The molecular formula is C10H20OSi. The van der Waals surface area contributed by atoms with Crippen LogP contribution >= 0.6 is 0 Å². The molecule has 0 rings (SSSR count). The Hall–Kier alpha value is -0.373. The number of allylic oxidation sites excluding steroid dienone is 1. The van der Waals surface area contributed by atoms with Gasteiger partial charge >= 0.3 is 0 Å². The number of carbonyl (C=O) groups excluding carboxylic acids is 1. The first-order chi connectivity index (χ1) is 5.39. The minimum atomic E-state index is -1.42. The van der Waals surface area contributed by atoms with E-state index in [4.69, 9.17) is 0 Å². The highest BCUT2D eigenvalue weighted by molar-refractivity contribution is 6.87. The summed E-state index contributed by atoms with van der Waals surface area (Å²) < 4.78 is 0. The van der Waals surface area contributed by atoms with Crippen molar-refractivity contribution < 1.29 is 4.79 Å². The Labute approximate surface area is 76.9 Å². The third-order valence-corrected chi connectivity index (χ3v) is 4.09. The van der Waals surface area contributed by atoms with Crippen molar-refractivity contribution in [3.63, 3.8) is 0 Å². The van der Waals surface area contributed by atoms with Gasteiger partial charge in [-0.3, -0.25) is 4.79 Å². The molecule has 1 nitrogen and oxygen atoms in total. The summed E-state index contributed by atoms with van der Waals surface area (Å²) in [6.07, 6.45) is 2.78. The molecule has 0 heterocycles. The Kier molecular flexibility index (Phi) is 4.46. The summed E-state index contributed by atoms with van der Waals surface area (Å²) in [5, 5.41) is 0.899. The first-order valence-corrected chi connectivity index (χ1v) is 8.12. The average molecular weight is 184 g/mol. The maximum Gasteiger partial charge on any atom is 0.154 e. The molecule has 0 unspecified atom stereocenters. The zero-order valence-electron chi connectivity index (χ0n) is 8.74. The second-order valence-corrected chi connectivity index (χ2v) is 9.36. The van der Waals surface area contributed by atoms with Gasteiger partial charge in [0.2, 0.25) is 0 Å². The SMILES string of the molecule is C=C(C(=O)CCCC)[Si](C)(C)C. The quantitative estimate of drug-likeness (QED) is 0.474. The maximum absolute atomic E-state index is 11.5. The van der Waals surface area contributed by atoms with E-state index in [0.29, 0.717) is 6.42 Å². The molecule has 0 N–H and O–H groups in total. The monoisotopic (exact) mass is 184 g/mol. The molecule has 0 aliphatic rings. The maximum atomic E-state index is 11.5. The summed E-state index contributed by atoms with van der Waals surface area (Å²) in [4.78, 5) is 11.5. The fourth-order valence-electron chi connectivity index (χ4n) is 0.906. The van der Waals surface area contributed by atoms with Gasteiger partial charge in [-0.15, -0.1) is 0 Å². The predicted molar refractivity (Wildman–Crippen MR) is 57.0 cm³/mol. The summed E-state index contributed by atoms with van der Waals surface area (Å²) in [5.41, 5.74) is 0. The van der Waals surface area contributed by atoms with Gasteiger partial charge in [0.25, 0.3) is 0 Å². The van der Waals surface area contributed by atoms with E-state index in [2.05, 4.69) is 33.1 Å². The molecule has 0 aromatic heterocycles. The highest BCUT2D eigenvalue weighted by Gasteiger charge is 2.22. The van der Waals surface area contributed by atoms with Crippen molar-refractivity contribution in [1.82, 2.24) is 0 Å². The zero-order chi connectivity index (χ0) is 9.78. The summed E-state index contributed by atoms with van der Waals surface area (Å²) in [6, 6.07) is 0. The fraction of sp³-hybridized carbons (Fsp3) is 0.700. The molecule has 70 valence electrons. The van der Waals surface area contributed by atoms with Gasteiger partial charge in [0.15, 0.2) is 5.78 Å². The lowest BCUT2D eigenvalue weighted by molar-refractivity contribution is -0.115. The van der Waals surface area contributed by atoms with Crippen molar-refractivity contribution in [1.29, 1.82) is 0 Å². The lowest BCUT2D eigenvalue weighted by Crippen LogP contribution is -2.28. The van der Waals surface area contributed by atoms with Crippen LogP contribution in [0.2, 0.25) is 19.6 Å². The molecule has 0 saturated heterocycles. The van der Waals surface area contributed by atoms with Crippen LogP contribution in [0.3, 0.4) is 0 Å². The van der Waals surface area contributed by atoms with Crippen molar-refractivity contribution in [2.45, 2.75) is 45.8 Å². The molecule has 0 bridgehead atoms. The number of rotatable bonds is 5. The van der Waals surface area contributed by atoms with Gasteiger partial charge in [-0.05, 0) is 11.6 Å². The second kappa shape index (κ2) is 4.60. The Bertz CT molecular complexity index is 177. The van der Waals surface area contributed by atoms with Gasteiger partial charge < -0.3 is 0 Å². The minimum Gasteiger partial charge on any atom is -0.295 e. The van der Waals surface area contributed by atoms with E-state index in [1.807, 2.05) is 0 Å². The third kappa shape index (κ3) is 3.86. The van der Waals surface area contributed by atoms with Crippen LogP contribution in [0.15, 0.2) is 11.8 Å². The van der Waals surface area contributed by atoms with Crippen molar-refractivity contribution in [3.05, 3.63) is 11.8 Å². The third-order valence-electron chi connectivity index (χ3n) is 2.00. The smallest absolute Gasteiger partial charge is 0.154 e. The fourth-order valence-corrected chi connectivity index (χ4v) is 1.87. The zero-order valence-corrected chi connectivity index (χ0v) is 9.74. The summed E-state index contributed by atoms with van der Waals surface area (Å²) in [5.74, 6) is 0.288. The molecule has 2 heteroatoms. The molecule has 0 aromatic carbocycles. The van der Waals surface area contributed by atoms with Crippen LogP contribution in [0.5, 0.6) is 0 Å². The lowest BCUT2D eigenvalue weighted by Gasteiger charge is -2.17. The molecule has 0 radical (unpaired) electrons.